The Hall–Kier alpha value is -1.90. The van der Waals surface area contributed by atoms with Crippen LogP contribution in [0, 0.1) is 0 Å². The van der Waals surface area contributed by atoms with Crippen molar-refractivity contribution < 1.29 is 4.79 Å². The summed E-state index contributed by atoms with van der Waals surface area (Å²) in [5.74, 6) is -0.0532. The van der Waals surface area contributed by atoms with Gasteiger partial charge in [0.2, 0.25) is 0 Å². The van der Waals surface area contributed by atoms with E-state index in [2.05, 4.69) is 10.3 Å². The summed E-state index contributed by atoms with van der Waals surface area (Å²) in [7, 11) is 0. The van der Waals surface area contributed by atoms with E-state index in [1.165, 1.54) is 0 Å². The molecule has 0 radical (unpaired) electrons. The zero-order valence-electron chi connectivity index (χ0n) is 9.40. The van der Waals surface area contributed by atoms with Crippen LogP contribution in [0.2, 0.25) is 0 Å². The SMILES string of the molecule is CC(C)NC(=O)c1ccc2cccnc2c1. The Labute approximate surface area is 94.5 Å². The standard InChI is InChI=1S/C13H14N2O/c1-9(2)15-13(16)11-6-5-10-4-3-7-14-12(10)8-11/h3-9H,1-2H3,(H,15,16). The summed E-state index contributed by atoms with van der Waals surface area (Å²) in [6, 6.07) is 9.56. The zero-order chi connectivity index (χ0) is 11.5. The number of pyridine rings is 1. The molecular formula is C13H14N2O. The van der Waals surface area contributed by atoms with Crippen molar-refractivity contribution in [3.05, 3.63) is 42.1 Å². The van der Waals surface area contributed by atoms with Crippen molar-refractivity contribution in [1.82, 2.24) is 10.3 Å². The number of hydrogen-bond donors (Lipinski definition) is 1. The summed E-state index contributed by atoms with van der Waals surface area (Å²) in [4.78, 5) is 16.0. The Morgan fingerprint density at radius 2 is 2.12 bits per heavy atom. The Balaban J connectivity index is 2.35. The van der Waals surface area contributed by atoms with Crippen molar-refractivity contribution in [2.75, 3.05) is 0 Å². The molecule has 0 aliphatic rings. The number of carbonyl (C=O) groups excluding carboxylic acids is 1. The van der Waals surface area contributed by atoms with Crippen LogP contribution in [0.25, 0.3) is 10.9 Å². The second kappa shape index (κ2) is 4.31. The third kappa shape index (κ3) is 2.19. The molecule has 0 unspecified atom stereocenters. The highest BCUT2D eigenvalue weighted by molar-refractivity contribution is 5.97. The number of hydrogen-bond acceptors (Lipinski definition) is 2. The van der Waals surface area contributed by atoms with Crippen molar-refractivity contribution in [1.29, 1.82) is 0 Å². The first-order valence-corrected chi connectivity index (χ1v) is 5.32. The van der Waals surface area contributed by atoms with E-state index < -0.39 is 0 Å². The minimum absolute atomic E-state index is 0.0532. The Kier molecular flexibility index (Phi) is 2.86. The van der Waals surface area contributed by atoms with Gasteiger partial charge in [0, 0.05) is 23.2 Å². The molecule has 0 saturated carbocycles. The molecule has 3 heteroatoms. The molecule has 1 aromatic heterocycles. The van der Waals surface area contributed by atoms with E-state index in [1.54, 1.807) is 6.20 Å². The third-order valence-corrected chi connectivity index (χ3v) is 2.29. The molecule has 3 nitrogen and oxygen atoms in total. The van der Waals surface area contributed by atoms with Crippen molar-refractivity contribution >= 4 is 16.8 Å². The van der Waals surface area contributed by atoms with E-state index in [1.807, 2.05) is 44.2 Å². The monoisotopic (exact) mass is 214 g/mol. The highest BCUT2D eigenvalue weighted by atomic mass is 16.1. The van der Waals surface area contributed by atoms with Crippen molar-refractivity contribution in [2.45, 2.75) is 19.9 Å². The van der Waals surface area contributed by atoms with Crippen LogP contribution in [0.5, 0.6) is 0 Å². The highest BCUT2D eigenvalue weighted by Crippen LogP contribution is 2.13. The van der Waals surface area contributed by atoms with Gasteiger partial charge in [-0.15, -0.1) is 0 Å². The number of nitrogens with one attached hydrogen (secondary N) is 1. The van der Waals surface area contributed by atoms with Gasteiger partial charge in [0.05, 0.1) is 5.52 Å². The predicted octanol–water partition coefficient (Wildman–Crippen LogP) is 2.37. The first-order valence-electron chi connectivity index (χ1n) is 5.32. The fourth-order valence-corrected chi connectivity index (χ4v) is 1.55. The van der Waals surface area contributed by atoms with E-state index >= 15 is 0 Å². The summed E-state index contributed by atoms with van der Waals surface area (Å²) in [5, 5.41) is 3.90. The van der Waals surface area contributed by atoms with Crippen LogP contribution in [0.3, 0.4) is 0 Å². The van der Waals surface area contributed by atoms with Crippen LogP contribution >= 0.6 is 0 Å². The number of fused-ring (bicyclic) bond motifs is 1. The maximum absolute atomic E-state index is 11.8. The number of aromatic nitrogens is 1. The fraction of sp³-hybridized carbons (Fsp3) is 0.231. The van der Waals surface area contributed by atoms with Crippen LogP contribution in [-0.4, -0.2) is 16.9 Å². The van der Waals surface area contributed by atoms with E-state index in [0.717, 1.165) is 10.9 Å². The first-order chi connectivity index (χ1) is 7.66. The van der Waals surface area contributed by atoms with Crippen LogP contribution in [0.4, 0.5) is 0 Å². The van der Waals surface area contributed by atoms with Gasteiger partial charge in [-0.05, 0) is 32.0 Å². The molecule has 0 aliphatic carbocycles. The lowest BCUT2D eigenvalue weighted by Gasteiger charge is -2.08. The molecular weight excluding hydrogens is 200 g/mol. The molecule has 2 rings (SSSR count). The Morgan fingerprint density at radius 3 is 2.88 bits per heavy atom. The molecule has 1 N–H and O–H groups in total. The van der Waals surface area contributed by atoms with E-state index in [-0.39, 0.29) is 11.9 Å². The van der Waals surface area contributed by atoms with Crippen molar-refractivity contribution in [3.8, 4) is 0 Å². The molecule has 0 aliphatic heterocycles. The van der Waals surface area contributed by atoms with Gasteiger partial charge in [-0.2, -0.15) is 0 Å². The normalized spacial score (nSPS) is 10.7. The highest BCUT2D eigenvalue weighted by Gasteiger charge is 2.07. The van der Waals surface area contributed by atoms with Crippen LogP contribution in [-0.2, 0) is 0 Å². The third-order valence-electron chi connectivity index (χ3n) is 2.29. The molecule has 1 heterocycles. The average Bonchev–Trinajstić information content (AvgIpc) is 2.27. The summed E-state index contributed by atoms with van der Waals surface area (Å²) in [5.41, 5.74) is 1.50. The predicted molar refractivity (Wildman–Crippen MR) is 64.3 cm³/mol. The molecule has 0 fully saturated rings. The smallest absolute Gasteiger partial charge is 0.251 e. The van der Waals surface area contributed by atoms with E-state index in [0.29, 0.717) is 5.56 Å². The Bertz CT molecular complexity index is 520. The van der Waals surface area contributed by atoms with E-state index in [4.69, 9.17) is 0 Å². The van der Waals surface area contributed by atoms with Crippen molar-refractivity contribution in [3.63, 3.8) is 0 Å². The summed E-state index contributed by atoms with van der Waals surface area (Å²) in [6.45, 7) is 3.88. The summed E-state index contributed by atoms with van der Waals surface area (Å²) in [6.07, 6.45) is 1.73. The quantitative estimate of drug-likeness (QED) is 0.833. The van der Waals surface area contributed by atoms with Crippen LogP contribution < -0.4 is 5.32 Å². The van der Waals surface area contributed by atoms with Gasteiger partial charge in [0.1, 0.15) is 0 Å². The molecule has 0 spiro atoms. The van der Waals surface area contributed by atoms with Crippen LogP contribution in [0.15, 0.2) is 36.5 Å². The first kappa shape index (κ1) is 10.6. The number of nitrogens with zero attached hydrogens (tertiary/aromatic N) is 1. The lowest BCUT2D eigenvalue weighted by molar-refractivity contribution is 0.0943. The average molecular weight is 214 g/mol. The lowest BCUT2D eigenvalue weighted by atomic mass is 10.1. The minimum atomic E-state index is -0.0532. The molecule has 16 heavy (non-hydrogen) atoms. The lowest BCUT2D eigenvalue weighted by Crippen LogP contribution is -2.29. The van der Waals surface area contributed by atoms with Gasteiger partial charge in [0.25, 0.3) is 5.91 Å². The molecule has 0 atom stereocenters. The summed E-state index contributed by atoms with van der Waals surface area (Å²) >= 11 is 0. The molecule has 0 saturated heterocycles. The van der Waals surface area contributed by atoms with Gasteiger partial charge in [-0.3, -0.25) is 9.78 Å². The number of carbonyl (C=O) groups is 1. The molecule has 1 aromatic carbocycles. The Morgan fingerprint density at radius 1 is 1.31 bits per heavy atom. The van der Waals surface area contributed by atoms with Gasteiger partial charge in [-0.1, -0.05) is 12.1 Å². The molecule has 1 amide bonds. The second-order valence-corrected chi connectivity index (χ2v) is 4.04. The largest absolute Gasteiger partial charge is 0.350 e. The maximum Gasteiger partial charge on any atom is 0.251 e. The minimum Gasteiger partial charge on any atom is -0.350 e. The number of rotatable bonds is 2. The summed E-state index contributed by atoms with van der Waals surface area (Å²) < 4.78 is 0. The van der Waals surface area contributed by atoms with Gasteiger partial charge in [0.15, 0.2) is 0 Å². The zero-order valence-corrected chi connectivity index (χ0v) is 9.40. The van der Waals surface area contributed by atoms with Crippen LogP contribution in [0.1, 0.15) is 24.2 Å². The molecule has 82 valence electrons. The topological polar surface area (TPSA) is 42.0 Å². The molecule has 2 aromatic rings. The van der Waals surface area contributed by atoms with Gasteiger partial charge < -0.3 is 5.32 Å². The fourth-order valence-electron chi connectivity index (χ4n) is 1.55. The maximum atomic E-state index is 11.8. The number of amides is 1. The van der Waals surface area contributed by atoms with E-state index in [9.17, 15) is 4.79 Å². The molecule has 0 bridgehead atoms. The van der Waals surface area contributed by atoms with Crippen molar-refractivity contribution in [2.24, 2.45) is 0 Å². The van der Waals surface area contributed by atoms with Gasteiger partial charge in [-0.25, -0.2) is 0 Å². The van der Waals surface area contributed by atoms with Gasteiger partial charge >= 0.3 is 0 Å². The number of benzene rings is 1. The second-order valence-electron chi connectivity index (χ2n) is 4.04.